The van der Waals surface area contributed by atoms with Gasteiger partial charge in [0.25, 0.3) is 0 Å². The van der Waals surface area contributed by atoms with Crippen molar-refractivity contribution in [1.82, 2.24) is 15.1 Å². The van der Waals surface area contributed by atoms with Crippen LogP contribution in [-0.2, 0) is 0 Å². The van der Waals surface area contributed by atoms with Gasteiger partial charge >= 0.3 is 0 Å². The van der Waals surface area contributed by atoms with Crippen LogP contribution in [0.15, 0.2) is 23.2 Å². The zero-order chi connectivity index (χ0) is 18.9. The number of aliphatic imine (C=N–C) groups is 1. The molecule has 28 heavy (non-hydrogen) atoms. The summed E-state index contributed by atoms with van der Waals surface area (Å²) >= 11 is 0. The molecule has 0 atom stereocenters. The molecule has 0 aliphatic carbocycles. The number of benzene rings is 1. The van der Waals surface area contributed by atoms with Crippen molar-refractivity contribution in [2.24, 2.45) is 4.99 Å². The molecule has 0 radical (unpaired) electrons. The molecule has 7 nitrogen and oxygen atoms in total. The fourth-order valence-electron chi connectivity index (χ4n) is 3.30. The Kier molecular flexibility index (Phi) is 10.1. The number of fused-ring (bicyclic) bond motifs is 1. The van der Waals surface area contributed by atoms with Crippen LogP contribution >= 0.6 is 24.0 Å². The third-order valence-corrected chi connectivity index (χ3v) is 5.02. The molecule has 0 bridgehead atoms. The Labute approximate surface area is 185 Å². The summed E-state index contributed by atoms with van der Waals surface area (Å²) in [6, 6.07) is 5.92. The SMILES string of the molecule is CN=C(NCCCCN1CCN(C)CC1)Nc1ccc2c(c1)OCCCO2.I. The summed E-state index contributed by atoms with van der Waals surface area (Å²) in [5, 5.41) is 6.73. The molecular weight excluding hydrogens is 469 g/mol. The summed E-state index contributed by atoms with van der Waals surface area (Å²) < 4.78 is 11.4. The number of nitrogens with one attached hydrogen (secondary N) is 2. The van der Waals surface area contributed by atoms with Gasteiger partial charge in [0.15, 0.2) is 17.5 Å². The summed E-state index contributed by atoms with van der Waals surface area (Å²) in [7, 11) is 3.99. The Morgan fingerprint density at radius 3 is 2.57 bits per heavy atom. The van der Waals surface area contributed by atoms with Crippen molar-refractivity contribution in [3.63, 3.8) is 0 Å². The third-order valence-electron chi connectivity index (χ3n) is 5.02. The van der Waals surface area contributed by atoms with Crippen LogP contribution in [0.3, 0.4) is 0 Å². The van der Waals surface area contributed by atoms with E-state index in [1.807, 2.05) is 18.2 Å². The predicted octanol–water partition coefficient (Wildman–Crippen LogP) is 2.48. The molecule has 2 aliphatic heterocycles. The van der Waals surface area contributed by atoms with Crippen molar-refractivity contribution < 1.29 is 9.47 Å². The van der Waals surface area contributed by atoms with Crippen LogP contribution in [-0.4, -0.2) is 82.3 Å². The van der Waals surface area contributed by atoms with E-state index >= 15 is 0 Å². The van der Waals surface area contributed by atoms with Gasteiger partial charge in [-0.1, -0.05) is 0 Å². The Bertz CT molecular complexity index is 621. The number of ether oxygens (including phenoxy) is 2. The lowest BCUT2D eigenvalue weighted by molar-refractivity contribution is 0.152. The van der Waals surface area contributed by atoms with Gasteiger partial charge in [-0.3, -0.25) is 4.99 Å². The molecule has 1 aromatic rings. The van der Waals surface area contributed by atoms with Gasteiger partial charge in [-0.25, -0.2) is 0 Å². The molecule has 1 saturated heterocycles. The van der Waals surface area contributed by atoms with Gasteiger partial charge < -0.3 is 29.9 Å². The summed E-state index contributed by atoms with van der Waals surface area (Å²) in [5.41, 5.74) is 0.949. The monoisotopic (exact) mass is 503 g/mol. The maximum atomic E-state index is 5.75. The molecule has 8 heteroatoms. The molecule has 3 rings (SSSR count). The van der Waals surface area contributed by atoms with Gasteiger partial charge in [0, 0.05) is 57.9 Å². The van der Waals surface area contributed by atoms with Gasteiger partial charge in [-0.15, -0.1) is 24.0 Å². The molecule has 0 aromatic heterocycles. The van der Waals surface area contributed by atoms with E-state index in [9.17, 15) is 0 Å². The van der Waals surface area contributed by atoms with E-state index in [0.29, 0.717) is 13.2 Å². The third kappa shape index (κ3) is 7.29. The maximum absolute atomic E-state index is 5.75. The molecule has 2 N–H and O–H groups in total. The lowest BCUT2D eigenvalue weighted by Crippen LogP contribution is -2.44. The standard InChI is InChI=1S/C20H33N5O2.HI/c1-21-20(22-8-3-4-9-25-12-10-24(2)11-13-25)23-17-6-7-18-19(16-17)27-15-5-14-26-18;/h6-7,16H,3-5,8-15H2,1-2H3,(H2,21,22,23);1H. The highest BCUT2D eigenvalue weighted by atomic mass is 127. The quantitative estimate of drug-likeness (QED) is 0.269. The fourth-order valence-corrected chi connectivity index (χ4v) is 3.30. The fraction of sp³-hybridized carbons (Fsp3) is 0.650. The maximum Gasteiger partial charge on any atom is 0.195 e. The summed E-state index contributed by atoms with van der Waals surface area (Å²) in [5.74, 6) is 2.38. The Hall–Kier alpha value is -1.26. The highest BCUT2D eigenvalue weighted by Crippen LogP contribution is 2.32. The first kappa shape index (κ1) is 23.0. The number of piperazine rings is 1. The number of rotatable bonds is 6. The molecule has 2 heterocycles. The smallest absolute Gasteiger partial charge is 0.195 e. The van der Waals surface area contributed by atoms with Gasteiger partial charge in [-0.05, 0) is 38.6 Å². The van der Waals surface area contributed by atoms with E-state index in [-0.39, 0.29) is 24.0 Å². The summed E-state index contributed by atoms with van der Waals surface area (Å²) in [6.07, 6.45) is 3.25. The zero-order valence-electron chi connectivity index (χ0n) is 17.1. The van der Waals surface area contributed by atoms with E-state index in [4.69, 9.17) is 9.47 Å². The van der Waals surface area contributed by atoms with Gasteiger partial charge in [0.1, 0.15) is 0 Å². The van der Waals surface area contributed by atoms with E-state index in [2.05, 4.69) is 32.5 Å². The van der Waals surface area contributed by atoms with Crippen LogP contribution in [0, 0.1) is 0 Å². The molecule has 0 amide bonds. The lowest BCUT2D eigenvalue weighted by Gasteiger charge is -2.32. The number of anilines is 1. The molecule has 0 unspecified atom stereocenters. The van der Waals surface area contributed by atoms with Crippen molar-refractivity contribution in [2.75, 3.05) is 71.9 Å². The molecule has 0 saturated carbocycles. The largest absolute Gasteiger partial charge is 0.490 e. The minimum Gasteiger partial charge on any atom is -0.490 e. The second-order valence-corrected chi connectivity index (χ2v) is 7.19. The highest BCUT2D eigenvalue weighted by Gasteiger charge is 2.13. The van der Waals surface area contributed by atoms with Crippen LogP contribution in [0.4, 0.5) is 5.69 Å². The molecule has 2 aliphatic rings. The first-order chi connectivity index (χ1) is 13.2. The van der Waals surface area contributed by atoms with Crippen LogP contribution in [0.1, 0.15) is 19.3 Å². The van der Waals surface area contributed by atoms with E-state index < -0.39 is 0 Å². The topological polar surface area (TPSA) is 61.4 Å². The lowest BCUT2D eigenvalue weighted by atomic mass is 10.2. The van der Waals surface area contributed by atoms with Gasteiger partial charge in [0.05, 0.1) is 13.2 Å². The Balaban J connectivity index is 0.00000280. The van der Waals surface area contributed by atoms with Crippen LogP contribution in [0.5, 0.6) is 11.5 Å². The minimum absolute atomic E-state index is 0. The van der Waals surface area contributed by atoms with Crippen molar-refractivity contribution in [2.45, 2.75) is 19.3 Å². The van der Waals surface area contributed by atoms with Crippen LogP contribution < -0.4 is 20.1 Å². The first-order valence-corrected chi connectivity index (χ1v) is 10.0. The number of nitrogens with zero attached hydrogens (tertiary/aromatic N) is 3. The molecular formula is C20H34IN5O2. The van der Waals surface area contributed by atoms with E-state index in [1.54, 1.807) is 7.05 Å². The van der Waals surface area contributed by atoms with Crippen molar-refractivity contribution >= 4 is 35.6 Å². The van der Waals surface area contributed by atoms with E-state index in [1.165, 1.54) is 39.1 Å². The number of hydrogen-bond donors (Lipinski definition) is 2. The summed E-state index contributed by atoms with van der Waals surface area (Å²) in [4.78, 5) is 9.27. The molecule has 1 fully saturated rings. The Morgan fingerprint density at radius 2 is 1.82 bits per heavy atom. The second-order valence-electron chi connectivity index (χ2n) is 7.19. The van der Waals surface area contributed by atoms with Gasteiger partial charge in [0.2, 0.25) is 0 Å². The molecule has 158 valence electrons. The van der Waals surface area contributed by atoms with Crippen molar-refractivity contribution in [1.29, 1.82) is 0 Å². The van der Waals surface area contributed by atoms with Crippen LogP contribution in [0.25, 0.3) is 0 Å². The predicted molar refractivity (Wildman–Crippen MR) is 126 cm³/mol. The number of unbranched alkanes of at least 4 members (excludes halogenated alkanes) is 1. The van der Waals surface area contributed by atoms with E-state index in [0.717, 1.165) is 42.5 Å². The molecule has 1 aromatic carbocycles. The van der Waals surface area contributed by atoms with Crippen molar-refractivity contribution in [3.8, 4) is 11.5 Å². The second kappa shape index (κ2) is 12.3. The Morgan fingerprint density at radius 1 is 1.07 bits per heavy atom. The molecule has 0 spiro atoms. The number of guanidine groups is 1. The number of hydrogen-bond acceptors (Lipinski definition) is 5. The highest BCUT2D eigenvalue weighted by molar-refractivity contribution is 14.0. The first-order valence-electron chi connectivity index (χ1n) is 10.0. The normalized spacial score (nSPS) is 18.1. The zero-order valence-corrected chi connectivity index (χ0v) is 19.4. The van der Waals surface area contributed by atoms with Gasteiger partial charge in [-0.2, -0.15) is 0 Å². The minimum atomic E-state index is 0. The van der Waals surface area contributed by atoms with Crippen molar-refractivity contribution in [3.05, 3.63) is 18.2 Å². The average Bonchev–Trinajstić information content (AvgIpc) is 2.93. The number of likely N-dealkylation sites (N-methyl/N-ethyl adjacent to an activating group) is 1. The van der Waals surface area contributed by atoms with Crippen LogP contribution in [0.2, 0.25) is 0 Å². The number of halogens is 1. The summed E-state index contributed by atoms with van der Waals surface area (Å²) in [6.45, 7) is 8.25. The average molecular weight is 503 g/mol.